The molecular weight excluding hydrogens is 270 g/mol. The van der Waals surface area contributed by atoms with E-state index in [2.05, 4.69) is 34.5 Å². The Bertz CT molecular complexity index is 597. The zero-order valence-corrected chi connectivity index (χ0v) is 12.4. The topological polar surface area (TPSA) is 50.9 Å². The first-order valence-electron chi connectivity index (χ1n) is 6.99. The molecule has 4 nitrogen and oxygen atoms in total. The van der Waals surface area contributed by atoms with E-state index in [0.717, 1.165) is 10.9 Å². The highest BCUT2D eigenvalue weighted by Crippen LogP contribution is 2.35. The molecule has 1 aromatic heterocycles. The standard InChI is InChI=1S/C15H19N3OS/c1-18-14(9-19)16-17-15(18)20-10-12-7-4-6-11-5-2-3-8-13(11)12/h2-3,5,8,12,19H,4,6-7,9-10H2,1H3. The predicted octanol–water partition coefficient (Wildman–Crippen LogP) is 2.52. The van der Waals surface area contributed by atoms with Gasteiger partial charge in [0.1, 0.15) is 6.61 Å². The van der Waals surface area contributed by atoms with Crippen molar-refractivity contribution in [2.24, 2.45) is 7.05 Å². The number of rotatable bonds is 4. The van der Waals surface area contributed by atoms with Gasteiger partial charge in [-0.25, -0.2) is 0 Å². The average molecular weight is 289 g/mol. The van der Waals surface area contributed by atoms with Crippen molar-refractivity contribution in [2.45, 2.75) is 36.9 Å². The number of hydrogen-bond acceptors (Lipinski definition) is 4. The van der Waals surface area contributed by atoms with Gasteiger partial charge in [-0.15, -0.1) is 10.2 Å². The molecule has 1 aliphatic carbocycles. The average Bonchev–Trinajstić information content (AvgIpc) is 2.85. The van der Waals surface area contributed by atoms with Crippen LogP contribution in [0.4, 0.5) is 0 Å². The number of fused-ring (bicyclic) bond motifs is 1. The molecule has 0 radical (unpaired) electrons. The van der Waals surface area contributed by atoms with Gasteiger partial charge in [-0.05, 0) is 36.3 Å². The number of aliphatic hydroxyl groups excluding tert-OH is 1. The zero-order valence-electron chi connectivity index (χ0n) is 11.6. The molecule has 3 rings (SSSR count). The summed E-state index contributed by atoms with van der Waals surface area (Å²) in [6.45, 7) is -0.0592. The minimum atomic E-state index is -0.0592. The summed E-state index contributed by atoms with van der Waals surface area (Å²) in [5.74, 6) is 2.24. The predicted molar refractivity (Wildman–Crippen MR) is 79.8 cm³/mol. The molecular formula is C15H19N3OS. The normalized spacial score (nSPS) is 18.0. The second kappa shape index (κ2) is 5.97. The molecule has 1 aliphatic rings. The maximum Gasteiger partial charge on any atom is 0.191 e. The Labute approximate surface area is 123 Å². The van der Waals surface area contributed by atoms with Gasteiger partial charge >= 0.3 is 0 Å². The molecule has 1 atom stereocenters. The van der Waals surface area contributed by atoms with E-state index in [1.165, 1.54) is 30.4 Å². The van der Waals surface area contributed by atoms with E-state index in [9.17, 15) is 0 Å². The van der Waals surface area contributed by atoms with Gasteiger partial charge in [0.2, 0.25) is 0 Å². The van der Waals surface area contributed by atoms with Crippen molar-refractivity contribution in [1.82, 2.24) is 14.8 Å². The van der Waals surface area contributed by atoms with Crippen LogP contribution in [0.2, 0.25) is 0 Å². The molecule has 0 saturated carbocycles. The van der Waals surface area contributed by atoms with Gasteiger partial charge in [0, 0.05) is 12.8 Å². The van der Waals surface area contributed by atoms with Crippen molar-refractivity contribution < 1.29 is 5.11 Å². The van der Waals surface area contributed by atoms with Crippen LogP contribution >= 0.6 is 11.8 Å². The highest BCUT2D eigenvalue weighted by atomic mass is 32.2. The third-order valence-corrected chi connectivity index (χ3v) is 5.16. The molecule has 106 valence electrons. The van der Waals surface area contributed by atoms with Crippen LogP contribution in [-0.2, 0) is 20.1 Å². The number of aromatic nitrogens is 3. The number of hydrogen-bond donors (Lipinski definition) is 1. The molecule has 0 amide bonds. The Kier molecular flexibility index (Phi) is 4.08. The Balaban J connectivity index is 1.71. The van der Waals surface area contributed by atoms with Crippen LogP contribution in [-0.4, -0.2) is 25.6 Å². The summed E-state index contributed by atoms with van der Waals surface area (Å²) < 4.78 is 1.87. The smallest absolute Gasteiger partial charge is 0.191 e. The lowest BCUT2D eigenvalue weighted by atomic mass is 9.84. The number of benzene rings is 1. The lowest BCUT2D eigenvalue weighted by Crippen LogP contribution is -2.12. The highest BCUT2D eigenvalue weighted by molar-refractivity contribution is 7.99. The lowest BCUT2D eigenvalue weighted by molar-refractivity contribution is 0.266. The van der Waals surface area contributed by atoms with Crippen molar-refractivity contribution in [3.63, 3.8) is 0 Å². The molecule has 0 bridgehead atoms. The van der Waals surface area contributed by atoms with Crippen LogP contribution in [0, 0.1) is 0 Å². The lowest BCUT2D eigenvalue weighted by Gasteiger charge is -2.24. The van der Waals surface area contributed by atoms with Crippen LogP contribution < -0.4 is 0 Å². The van der Waals surface area contributed by atoms with Gasteiger partial charge < -0.3 is 9.67 Å². The number of aliphatic hydroxyl groups is 1. The van der Waals surface area contributed by atoms with E-state index in [0.29, 0.717) is 11.7 Å². The van der Waals surface area contributed by atoms with Crippen molar-refractivity contribution in [3.05, 3.63) is 41.2 Å². The quantitative estimate of drug-likeness (QED) is 0.879. The molecule has 5 heteroatoms. The van der Waals surface area contributed by atoms with Crippen molar-refractivity contribution in [2.75, 3.05) is 5.75 Å². The third-order valence-electron chi connectivity index (χ3n) is 3.97. The number of aryl methyl sites for hydroxylation is 1. The fourth-order valence-electron chi connectivity index (χ4n) is 2.81. The fraction of sp³-hybridized carbons (Fsp3) is 0.467. The molecule has 0 fully saturated rings. The SMILES string of the molecule is Cn1c(CO)nnc1SCC1CCCc2ccccc21. The van der Waals surface area contributed by atoms with Crippen LogP contribution in [0.25, 0.3) is 0 Å². The molecule has 1 unspecified atom stereocenters. The van der Waals surface area contributed by atoms with Crippen LogP contribution in [0.15, 0.2) is 29.4 Å². The Morgan fingerprint density at radius 1 is 1.35 bits per heavy atom. The van der Waals surface area contributed by atoms with Gasteiger partial charge in [-0.3, -0.25) is 0 Å². The van der Waals surface area contributed by atoms with Gasteiger partial charge in [0.15, 0.2) is 11.0 Å². The molecule has 1 N–H and O–H groups in total. The maximum atomic E-state index is 9.15. The minimum absolute atomic E-state index is 0.0592. The van der Waals surface area contributed by atoms with Gasteiger partial charge in [-0.1, -0.05) is 36.0 Å². The summed E-state index contributed by atoms with van der Waals surface area (Å²) in [5, 5.41) is 18.2. The van der Waals surface area contributed by atoms with Crippen molar-refractivity contribution >= 4 is 11.8 Å². The monoisotopic (exact) mass is 289 g/mol. The molecule has 0 spiro atoms. The second-order valence-electron chi connectivity index (χ2n) is 5.21. The first-order valence-corrected chi connectivity index (χ1v) is 7.98. The van der Waals surface area contributed by atoms with Gasteiger partial charge in [0.05, 0.1) is 0 Å². The molecule has 0 aliphatic heterocycles. The largest absolute Gasteiger partial charge is 0.388 e. The Morgan fingerprint density at radius 3 is 3.00 bits per heavy atom. The van der Waals surface area contributed by atoms with E-state index in [4.69, 9.17) is 5.11 Å². The van der Waals surface area contributed by atoms with Gasteiger partial charge in [-0.2, -0.15) is 0 Å². The summed E-state index contributed by atoms with van der Waals surface area (Å²) in [6, 6.07) is 8.77. The van der Waals surface area contributed by atoms with E-state index >= 15 is 0 Å². The summed E-state index contributed by atoms with van der Waals surface area (Å²) in [6.07, 6.45) is 3.72. The first-order chi connectivity index (χ1) is 9.79. The van der Waals surface area contributed by atoms with E-state index < -0.39 is 0 Å². The first kappa shape index (κ1) is 13.6. The van der Waals surface area contributed by atoms with E-state index in [1.807, 2.05) is 11.6 Å². The highest BCUT2D eigenvalue weighted by Gasteiger charge is 2.20. The molecule has 1 heterocycles. The summed E-state index contributed by atoms with van der Waals surface area (Å²) in [7, 11) is 1.91. The summed E-state index contributed by atoms with van der Waals surface area (Å²) in [5.41, 5.74) is 2.99. The van der Waals surface area contributed by atoms with Crippen molar-refractivity contribution in [3.8, 4) is 0 Å². The maximum absolute atomic E-state index is 9.15. The van der Waals surface area contributed by atoms with Crippen LogP contribution in [0.5, 0.6) is 0 Å². The zero-order chi connectivity index (χ0) is 13.9. The van der Waals surface area contributed by atoms with Crippen LogP contribution in [0.3, 0.4) is 0 Å². The number of thioether (sulfide) groups is 1. The Hall–Kier alpha value is -1.33. The molecule has 0 saturated heterocycles. The van der Waals surface area contributed by atoms with E-state index in [1.54, 1.807) is 11.8 Å². The van der Waals surface area contributed by atoms with Gasteiger partial charge in [0.25, 0.3) is 0 Å². The van der Waals surface area contributed by atoms with Crippen molar-refractivity contribution in [1.29, 1.82) is 0 Å². The Morgan fingerprint density at radius 2 is 2.20 bits per heavy atom. The van der Waals surface area contributed by atoms with E-state index in [-0.39, 0.29) is 6.61 Å². The third kappa shape index (κ3) is 2.60. The second-order valence-corrected chi connectivity index (χ2v) is 6.20. The minimum Gasteiger partial charge on any atom is -0.388 e. The molecule has 1 aromatic carbocycles. The molecule has 20 heavy (non-hydrogen) atoms. The number of nitrogens with zero attached hydrogens (tertiary/aromatic N) is 3. The van der Waals surface area contributed by atoms with Crippen LogP contribution in [0.1, 0.15) is 35.7 Å². The summed E-state index contributed by atoms with van der Waals surface area (Å²) >= 11 is 1.73. The molecule has 2 aromatic rings. The summed E-state index contributed by atoms with van der Waals surface area (Å²) in [4.78, 5) is 0. The fourth-order valence-corrected chi connectivity index (χ4v) is 3.91.